The molecule has 60 valence electrons. The highest BCUT2D eigenvalue weighted by molar-refractivity contribution is 9.10. The van der Waals surface area contributed by atoms with Crippen molar-refractivity contribution < 1.29 is 13.0 Å². The summed E-state index contributed by atoms with van der Waals surface area (Å²) in [6, 6.07) is 2.78. The zero-order valence-electron chi connectivity index (χ0n) is 5.23. The van der Waals surface area contributed by atoms with Crippen molar-refractivity contribution in [2.24, 2.45) is 0 Å². The standard InChI is InChI=1S/C5H4BrNO3S/c6-4-1-2-7-5(3-4)11(8,9)10/h1-3H,(H,8,9,10). The molecule has 11 heavy (non-hydrogen) atoms. The minimum Gasteiger partial charge on any atom is -0.281 e. The third-order valence-corrected chi connectivity index (χ3v) is 2.21. The van der Waals surface area contributed by atoms with Gasteiger partial charge in [0.1, 0.15) is 0 Å². The molecule has 0 bridgehead atoms. The zero-order valence-corrected chi connectivity index (χ0v) is 7.63. The van der Waals surface area contributed by atoms with Gasteiger partial charge in [-0.1, -0.05) is 15.9 Å². The highest BCUT2D eigenvalue weighted by atomic mass is 79.9. The summed E-state index contributed by atoms with van der Waals surface area (Å²) in [5.41, 5.74) is 0. The number of hydrogen-bond acceptors (Lipinski definition) is 3. The molecule has 0 unspecified atom stereocenters. The molecule has 0 fully saturated rings. The molecule has 0 aliphatic rings. The van der Waals surface area contributed by atoms with Crippen molar-refractivity contribution in [3.63, 3.8) is 0 Å². The molecule has 0 aromatic carbocycles. The van der Waals surface area contributed by atoms with Crippen LogP contribution >= 0.6 is 15.9 Å². The van der Waals surface area contributed by atoms with Crippen molar-refractivity contribution in [3.8, 4) is 0 Å². The Balaban J connectivity index is 3.28. The Morgan fingerprint density at radius 1 is 1.55 bits per heavy atom. The van der Waals surface area contributed by atoms with E-state index in [4.69, 9.17) is 4.55 Å². The van der Waals surface area contributed by atoms with Crippen LogP contribution in [0.1, 0.15) is 0 Å². The molecule has 0 aliphatic carbocycles. The largest absolute Gasteiger partial charge is 0.312 e. The number of nitrogens with zero attached hydrogens (tertiary/aromatic N) is 1. The van der Waals surface area contributed by atoms with Crippen molar-refractivity contribution in [3.05, 3.63) is 22.8 Å². The van der Waals surface area contributed by atoms with Crippen molar-refractivity contribution in [1.29, 1.82) is 0 Å². The van der Waals surface area contributed by atoms with Gasteiger partial charge in [-0.3, -0.25) is 4.55 Å². The van der Waals surface area contributed by atoms with Crippen LogP contribution in [0, 0.1) is 0 Å². The van der Waals surface area contributed by atoms with Gasteiger partial charge >= 0.3 is 10.1 Å². The average molecular weight is 238 g/mol. The van der Waals surface area contributed by atoms with Crippen LogP contribution in [0.15, 0.2) is 27.8 Å². The fourth-order valence-electron chi connectivity index (χ4n) is 0.526. The fraction of sp³-hybridized carbons (Fsp3) is 0. The quantitative estimate of drug-likeness (QED) is 0.743. The van der Waals surface area contributed by atoms with Crippen molar-refractivity contribution >= 4 is 26.0 Å². The molecule has 1 aromatic heterocycles. The van der Waals surface area contributed by atoms with Gasteiger partial charge in [0.25, 0.3) is 0 Å². The number of halogens is 1. The van der Waals surface area contributed by atoms with E-state index in [0.29, 0.717) is 4.47 Å². The molecule has 0 saturated carbocycles. The molecular formula is C5H4BrNO3S. The summed E-state index contributed by atoms with van der Waals surface area (Å²) in [4.78, 5) is 3.44. The Labute approximate surface area is 72.1 Å². The molecule has 6 heteroatoms. The third-order valence-electron chi connectivity index (χ3n) is 0.961. The van der Waals surface area contributed by atoms with Gasteiger partial charge in [0, 0.05) is 10.7 Å². The van der Waals surface area contributed by atoms with Crippen molar-refractivity contribution in [2.45, 2.75) is 5.03 Å². The SMILES string of the molecule is O=S(=O)(O)c1cc(Br)ccn1. The summed E-state index contributed by atoms with van der Waals surface area (Å²) in [6.45, 7) is 0. The molecule has 1 aromatic rings. The van der Waals surface area contributed by atoms with Gasteiger partial charge < -0.3 is 0 Å². The molecule has 0 radical (unpaired) electrons. The van der Waals surface area contributed by atoms with Gasteiger partial charge in [0.05, 0.1) is 0 Å². The maximum Gasteiger partial charge on any atom is 0.312 e. The van der Waals surface area contributed by atoms with Crippen molar-refractivity contribution in [2.75, 3.05) is 0 Å². The fourth-order valence-corrected chi connectivity index (χ4v) is 1.48. The first-order valence-corrected chi connectivity index (χ1v) is 4.82. The summed E-state index contributed by atoms with van der Waals surface area (Å²) in [5.74, 6) is 0. The van der Waals surface area contributed by atoms with E-state index in [1.54, 1.807) is 6.07 Å². The Morgan fingerprint density at radius 2 is 2.18 bits per heavy atom. The van der Waals surface area contributed by atoms with Crippen LogP contribution in [0.3, 0.4) is 0 Å². The van der Waals surface area contributed by atoms with E-state index < -0.39 is 10.1 Å². The summed E-state index contributed by atoms with van der Waals surface area (Å²) in [5, 5.41) is -0.355. The number of rotatable bonds is 1. The highest BCUT2D eigenvalue weighted by Gasteiger charge is 2.10. The third kappa shape index (κ3) is 2.25. The van der Waals surface area contributed by atoms with Gasteiger partial charge in [0.15, 0.2) is 5.03 Å². The molecule has 1 rings (SSSR count). The second-order valence-corrected chi connectivity index (χ2v) is 4.07. The van der Waals surface area contributed by atoms with Gasteiger partial charge in [-0.15, -0.1) is 0 Å². The molecule has 0 aliphatic heterocycles. The van der Waals surface area contributed by atoms with Crippen LogP contribution in [-0.4, -0.2) is 18.0 Å². The minimum atomic E-state index is -4.17. The van der Waals surface area contributed by atoms with E-state index in [9.17, 15) is 8.42 Å². The Kier molecular flexibility index (Phi) is 2.26. The van der Waals surface area contributed by atoms with Crippen LogP contribution in [0.2, 0.25) is 0 Å². The lowest BCUT2D eigenvalue weighted by molar-refractivity contribution is 0.479. The first kappa shape index (κ1) is 8.63. The lowest BCUT2D eigenvalue weighted by atomic mass is 10.5. The molecule has 0 saturated heterocycles. The first-order valence-electron chi connectivity index (χ1n) is 2.59. The summed E-state index contributed by atoms with van der Waals surface area (Å²) < 4.78 is 30.0. The van der Waals surface area contributed by atoms with E-state index >= 15 is 0 Å². The van der Waals surface area contributed by atoms with Crippen LogP contribution in [0.4, 0.5) is 0 Å². The Hall–Kier alpha value is -0.460. The van der Waals surface area contributed by atoms with Crippen LogP contribution in [-0.2, 0) is 10.1 Å². The van der Waals surface area contributed by atoms with Crippen LogP contribution in [0.5, 0.6) is 0 Å². The topological polar surface area (TPSA) is 67.3 Å². The second kappa shape index (κ2) is 2.88. The predicted molar refractivity (Wildman–Crippen MR) is 41.8 cm³/mol. The Bertz CT molecular complexity index is 362. The summed E-state index contributed by atoms with van der Waals surface area (Å²) in [6.07, 6.45) is 1.28. The van der Waals surface area contributed by atoms with Gasteiger partial charge in [-0.25, -0.2) is 4.98 Å². The minimum absolute atomic E-state index is 0.355. The van der Waals surface area contributed by atoms with E-state index in [1.165, 1.54) is 12.3 Å². The monoisotopic (exact) mass is 237 g/mol. The van der Waals surface area contributed by atoms with E-state index in [1.807, 2.05) is 0 Å². The highest BCUT2D eigenvalue weighted by Crippen LogP contribution is 2.12. The molecule has 0 atom stereocenters. The molecular weight excluding hydrogens is 234 g/mol. The lowest BCUT2D eigenvalue weighted by Gasteiger charge is -1.94. The number of aromatic nitrogens is 1. The summed E-state index contributed by atoms with van der Waals surface area (Å²) in [7, 11) is -4.17. The van der Waals surface area contributed by atoms with Crippen molar-refractivity contribution in [1.82, 2.24) is 4.98 Å². The van der Waals surface area contributed by atoms with E-state index in [-0.39, 0.29) is 5.03 Å². The van der Waals surface area contributed by atoms with Crippen LogP contribution < -0.4 is 0 Å². The molecule has 0 spiro atoms. The van der Waals surface area contributed by atoms with Gasteiger partial charge in [0.2, 0.25) is 0 Å². The zero-order chi connectivity index (χ0) is 8.48. The summed E-state index contributed by atoms with van der Waals surface area (Å²) >= 11 is 3.04. The van der Waals surface area contributed by atoms with Crippen LogP contribution in [0.25, 0.3) is 0 Å². The van der Waals surface area contributed by atoms with Gasteiger partial charge in [-0.05, 0) is 12.1 Å². The molecule has 0 amide bonds. The maximum atomic E-state index is 10.5. The number of pyridine rings is 1. The normalized spacial score (nSPS) is 11.5. The predicted octanol–water partition coefficient (Wildman–Crippen LogP) is 1.09. The van der Waals surface area contributed by atoms with E-state index in [0.717, 1.165) is 0 Å². The molecule has 1 heterocycles. The lowest BCUT2D eigenvalue weighted by Crippen LogP contribution is -2.00. The first-order chi connectivity index (χ1) is 5.00. The molecule has 4 nitrogen and oxygen atoms in total. The smallest absolute Gasteiger partial charge is 0.281 e. The van der Waals surface area contributed by atoms with E-state index in [2.05, 4.69) is 20.9 Å². The Morgan fingerprint density at radius 3 is 2.55 bits per heavy atom. The maximum absolute atomic E-state index is 10.5. The number of hydrogen-bond donors (Lipinski definition) is 1. The van der Waals surface area contributed by atoms with Gasteiger partial charge in [-0.2, -0.15) is 8.42 Å². The molecule has 1 N–H and O–H groups in total. The average Bonchev–Trinajstić information content (AvgIpc) is 1.86. The second-order valence-electron chi connectivity index (χ2n) is 1.79.